The van der Waals surface area contributed by atoms with Crippen LogP contribution in [0.15, 0.2) is 42.6 Å². The molecule has 1 aliphatic heterocycles. The van der Waals surface area contributed by atoms with Gasteiger partial charge in [0.25, 0.3) is 11.8 Å². The van der Waals surface area contributed by atoms with Crippen molar-refractivity contribution in [3.63, 3.8) is 0 Å². The Morgan fingerprint density at radius 2 is 1.62 bits per heavy atom. The first-order valence-corrected chi connectivity index (χ1v) is 8.26. The number of aryl methyl sites for hydroxylation is 2. The fourth-order valence-electron chi connectivity index (χ4n) is 3.44. The molecule has 24 heavy (non-hydrogen) atoms. The summed E-state index contributed by atoms with van der Waals surface area (Å²) in [6.45, 7) is 4.08. The average molecular weight is 318 g/mol. The summed E-state index contributed by atoms with van der Waals surface area (Å²) in [5.41, 5.74) is 4.69. The molecule has 2 aromatic carbocycles. The van der Waals surface area contributed by atoms with Gasteiger partial charge in [-0.2, -0.15) is 0 Å². The highest BCUT2D eigenvalue weighted by atomic mass is 16.2. The molecule has 0 atom stereocenters. The Hall–Kier alpha value is -2.88. The second-order valence-corrected chi connectivity index (χ2v) is 6.04. The number of rotatable bonds is 3. The smallest absolute Gasteiger partial charge is 0.266 e. The van der Waals surface area contributed by atoms with Gasteiger partial charge in [-0.1, -0.05) is 26.0 Å². The van der Waals surface area contributed by atoms with E-state index in [1.54, 1.807) is 6.20 Å². The van der Waals surface area contributed by atoms with Crippen LogP contribution in [0.2, 0.25) is 0 Å². The number of benzene rings is 2. The third-order valence-corrected chi connectivity index (χ3v) is 4.76. The normalized spacial score (nSPS) is 13.8. The highest BCUT2D eigenvalue weighted by molar-refractivity contribution is 6.38. The summed E-state index contributed by atoms with van der Waals surface area (Å²) < 4.78 is 0. The summed E-state index contributed by atoms with van der Waals surface area (Å²) in [6.07, 6.45) is 3.44. The Kier molecular flexibility index (Phi) is 3.27. The zero-order valence-corrected chi connectivity index (χ0v) is 13.7. The van der Waals surface area contributed by atoms with Gasteiger partial charge >= 0.3 is 0 Å². The first-order chi connectivity index (χ1) is 11.7. The number of nitrogens with zero attached hydrogens (tertiary/aromatic N) is 1. The Balaban J connectivity index is 1.91. The molecule has 0 aliphatic carbocycles. The molecule has 0 fully saturated rings. The van der Waals surface area contributed by atoms with Crippen molar-refractivity contribution in [2.75, 3.05) is 4.90 Å². The lowest BCUT2D eigenvalue weighted by Gasteiger charge is -2.14. The second-order valence-electron chi connectivity index (χ2n) is 6.04. The first-order valence-electron chi connectivity index (χ1n) is 8.26. The van der Waals surface area contributed by atoms with E-state index in [2.05, 4.69) is 11.9 Å². The molecule has 4 nitrogen and oxygen atoms in total. The molecular weight excluding hydrogens is 300 g/mol. The number of H-pyrrole nitrogens is 1. The lowest BCUT2D eigenvalue weighted by Crippen LogP contribution is -2.29. The van der Waals surface area contributed by atoms with Gasteiger partial charge in [0.15, 0.2) is 0 Å². The quantitative estimate of drug-likeness (QED) is 0.739. The molecular formula is C20H18N2O2. The minimum absolute atomic E-state index is 0.223. The van der Waals surface area contributed by atoms with Gasteiger partial charge in [0.1, 0.15) is 0 Å². The Bertz CT molecular complexity index is 967. The van der Waals surface area contributed by atoms with Crippen LogP contribution in [-0.2, 0) is 12.8 Å². The van der Waals surface area contributed by atoms with E-state index in [-0.39, 0.29) is 11.8 Å². The molecule has 2 heterocycles. The summed E-state index contributed by atoms with van der Waals surface area (Å²) in [5, 5.41) is 0.813. The summed E-state index contributed by atoms with van der Waals surface area (Å²) in [6, 6.07) is 11.5. The van der Waals surface area contributed by atoms with E-state index in [1.165, 1.54) is 10.5 Å². The highest BCUT2D eigenvalue weighted by Gasteiger charge is 2.39. The van der Waals surface area contributed by atoms with Crippen LogP contribution in [0, 0.1) is 0 Å². The van der Waals surface area contributed by atoms with Crippen LogP contribution in [0.4, 0.5) is 5.69 Å². The molecule has 2 amide bonds. The van der Waals surface area contributed by atoms with Crippen LogP contribution in [-0.4, -0.2) is 16.8 Å². The molecule has 3 aromatic rings. The minimum atomic E-state index is -0.237. The predicted octanol–water partition coefficient (Wildman–Crippen LogP) is 4.09. The summed E-state index contributed by atoms with van der Waals surface area (Å²) in [7, 11) is 0. The van der Waals surface area contributed by atoms with Crippen molar-refractivity contribution in [3.05, 3.63) is 64.8 Å². The van der Waals surface area contributed by atoms with Crippen LogP contribution in [0.25, 0.3) is 10.9 Å². The van der Waals surface area contributed by atoms with Crippen LogP contribution in [0.3, 0.4) is 0 Å². The van der Waals surface area contributed by atoms with Crippen LogP contribution in [0.5, 0.6) is 0 Å². The number of aromatic amines is 1. The van der Waals surface area contributed by atoms with E-state index in [4.69, 9.17) is 0 Å². The van der Waals surface area contributed by atoms with Crippen molar-refractivity contribution >= 4 is 28.4 Å². The van der Waals surface area contributed by atoms with Crippen molar-refractivity contribution < 1.29 is 9.59 Å². The number of hydrogen-bond donors (Lipinski definition) is 1. The number of anilines is 1. The number of amides is 2. The molecule has 1 N–H and O–H groups in total. The van der Waals surface area contributed by atoms with Crippen LogP contribution in [0.1, 0.15) is 45.7 Å². The molecule has 4 heteroatoms. The van der Waals surface area contributed by atoms with Crippen molar-refractivity contribution in [2.45, 2.75) is 26.7 Å². The fraction of sp³-hybridized carbons (Fsp3) is 0.200. The topological polar surface area (TPSA) is 53.2 Å². The van der Waals surface area contributed by atoms with Gasteiger partial charge in [-0.3, -0.25) is 9.59 Å². The van der Waals surface area contributed by atoms with Gasteiger partial charge in [0.05, 0.1) is 16.8 Å². The predicted molar refractivity (Wildman–Crippen MR) is 94.6 cm³/mol. The Morgan fingerprint density at radius 3 is 2.29 bits per heavy atom. The lowest BCUT2D eigenvalue weighted by molar-refractivity contribution is 0.0926. The summed E-state index contributed by atoms with van der Waals surface area (Å²) in [5.74, 6) is -0.460. The van der Waals surface area contributed by atoms with Crippen LogP contribution >= 0.6 is 0 Å². The molecule has 120 valence electrons. The zero-order chi connectivity index (χ0) is 16.8. The van der Waals surface area contributed by atoms with Gasteiger partial charge in [-0.15, -0.1) is 0 Å². The van der Waals surface area contributed by atoms with E-state index in [9.17, 15) is 9.59 Å². The number of hydrogen-bond acceptors (Lipinski definition) is 2. The van der Waals surface area contributed by atoms with E-state index in [1.807, 2.05) is 43.3 Å². The average Bonchev–Trinajstić information content (AvgIpc) is 3.17. The zero-order valence-electron chi connectivity index (χ0n) is 13.7. The van der Waals surface area contributed by atoms with Crippen molar-refractivity contribution in [2.24, 2.45) is 0 Å². The molecule has 1 aliphatic rings. The van der Waals surface area contributed by atoms with E-state index >= 15 is 0 Å². The molecule has 4 rings (SSSR count). The van der Waals surface area contributed by atoms with E-state index in [0.717, 1.165) is 22.9 Å². The molecule has 0 saturated heterocycles. The van der Waals surface area contributed by atoms with Gasteiger partial charge in [-0.05, 0) is 48.2 Å². The van der Waals surface area contributed by atoms with Crippen LogP contribution < -0.4 is 4.90 Å². The highest BCUT2D eigenvalue weighted by Crippen LogP contribution is 2.35. The number of imide groups is 1. The molecule has 0 spiro atoms. The molecule has 0 unspecified atom stereocenters. The molecule has 0 saturated carbocycles. The number of nitrogens with one attached hydrogen (secondary N) is 1. The number of carbonyl (C=O) groups excluding carboxylic acids is 2. The van der Waals surface area contributed by atoms with Gasteiger partial charge in [0.2, 0.25) is 0 Å². The largest absolute Gasteiger partial charge is 0.361 e. The summed E-state index contributed by atoms with van der Waals surface area (Å²) in [4.78, 5) is 30.5. The third kappa shape index (κ3) is 1.92. The van der Waals surface area contributed by atoms with Crippen molar-refractivity contribution in [1.29, 1.82) is 0 Å². The maximum absolute atomic E-state index is 13.0. The number of carbonyl (C=O) groups is 2. The SMILES string of the molecule is CCc1ccc(N2C(=O)c3c(CC)cc4[nH]ccc4c3C2=O)cc1. The van der Waals surface area contributed by atoms with E-state index < -0.39 is 0 Å². The van der Waals surface area contributed by atoms with Crippen molar-refractivity contribution in [3.8, 4) is 0 Å². The molecule has 1 aromatic heterocycles. The van der Waals surface area contributed by atoms with Gasteiger partial charge in [-0.25, -0.2) is 4.90 Å². The van der Waals surface area contributed by atoms with E-state index in [0.29, 0.717) is 23.2 Å². The first kappa shape index (κ1) is 14.7. The Morgan fingerprint density at radius 1 is 0.917 bits per heavy atom. The second kappa shape index (κ2) is 5.34. The monoisotopic (exact) mass is 318 g/mol. The minimum Gasteiger partial charge on any atom is -0.361 e. The lowest BCUT2D eigenvalue weighted by atomic mass is 9.97. The number of aromatic nitrogens is 1. The molecule has 0 radical (unpaired) electrons. The fourth-order valence-corrected chi connectivity index (χ4v) is 3.44. The standard InChI is InChI=1S/C20H18N2O2/c1-3-12-5-7-14(8-6-12)22-19(23)17-13(4-2)11-16-15(9-10-21-16)18(17)20(22)24/h5-11,21H,3-4H2,1-2H3. The summed E-state index contributed by atoms with van der Waals surface area (Å²) >= 11 is 0. The van der Waals surface area contributed by atoms with Gasteiger partial charge < -0.3 is 4.98 Å². The van der Waals surface area contributed by atoms with Crippen molar-refractivity contribution in [1.82, 2.24) is 4.98 Å². The Labute approximate surface area is 140 Å². The number of fused-ring (bicyclic) bond motifs is 3. The molecule has 0 bridgehead atoms. The maximum Gasteiger partial charge on any atom is 0.266 e. The third-order valence-electron chi connectivity index (χ3n) is 4.76. The van der Waals surface area contributed by atoms with Gasteiger partial charge in [0, 0.05) is 17.1 Å². The maximum atomic E-state index is 13.0.